The van der Waals surface area contributed by atoms with Crippen molar-refractivity contribution in [2.24, 2.45) is 5.92 Å². The molecule has 4 rings (SSSR count). The van der Waals surface area contributed by atoms with Gasteiger partial charge in [-0.15, -0.1) is 0 Å². The topological polar surface area (TPSA) is 69.9 Å². The summed E-state index contributed by atoms with van der Waals surface area (Å²) in [4.78, 5) is 12.7. The van der Waals surface area contributed by atoms with Gasteiger partial charge in [0.25, 0.3) is 5.91 Å². The van der Waals surface area contributed by atoms with Crippen LogP contribution in [0.3, 0.4) is 0 Å². The standard InChI is InChI=1S/C18H21NO5/c1-9-10-4-5-13(21-2)17(22-3)16(10)24-15(9)18(20)19-12-8-14-11(12)6-7-23-14/h4-5,11-12,14H,6-8H2,1-3H3,(H,19,20)/t11-,12+,14+/m0/s1. The van der Waals surface area contributed by atoms with Crippen LogP contribution in [0.4, 0.5) is 0 Å². The van der Waals surface area contributed by atoms with Gasteiger partial charge in [0.15, 0.2) is 17.1 Å². The number of amides is 1. The molecule has 2 aliphatic rings. The molecule has 2 heterocycles. The summed E-state index contributed by atoms with van der Waals surface area (Å²) in [7, 11) is 3.13. The Morgan fingerprint density at radius 2 is 2.12 bits per heavy atom. The smallest absolute Gasteiger partial charge is 0.287 e. The van der Waals surface area contributed by atoms with Gasteiger partial charge in [-0.25, -0.2) is 0 Å². The predicted molar refractivity (Wildman–Crippen MR) is 87.8 cm³/mol. The molecule has 6 nitrogen and oxygen atoms in total. The molecular weight excluding hydrogens is 310 g/mol. The summed E-state index contributed by atoms with van der Waals surface area (Å²) in [6.07, 6.45) is 2.21. The Hall–Kier alpha value is -2.21. The average Bonchev–Trinajstić information content (AvgIpc) is 3.12. The molecule has 1 aliphatic carbocycles. The zero-order valence-electron chi connectivity index (χ0n) is 14.0. The van der Waals surface area contributed by atoms with Crippen LogP contribution in [0, 0.1) is 12.8 Å². The van der Waals surface area contributed by atoms with Gasteiger partial charge in [-0.05, 0) is 31.9 Å². The van der Waals surface area contributed by atoms with E-state index >= 15 is 0 Å². The first kappa shape index (κ1) is 15.3. The lowest BCUT2D eigenvalue weighted by Crippen LogP contribution is -2.53. The van der Waals surface area contributed by atoms with Crippen molar-refractivity contribution in [2.75, 3.05) is 20.8 Å². The summed E-state index contributed by atoms with van der Waals surface area (Å²) in [6, 6.07) is 3.88. The van der Waals surface area contributed by atoms with Crippen LogP contribution in [0.25, 0.3) is 11.0 Å². The Morgan fingerprint density at radius 3 is 2.83 bits per heavy atom. The van der Waals surface area contributed by atoms with E-state index in [0.29, 0.717) is 34.9 Å². The Labute approximate surface area is 140 Å². The van der Waals surface area contributed by atoms with Gasteiger partial charge < -0.3 is 23.9 Å². The number of benzene rings is 1. The van der Waals surface area contributed by atoms with Crippen LogP contribution in [-0.4, -0.2) is 38.9 Å². The number of carbonyl (C=O) groups is 1. The van der Waals surface area contributed by atoms with E-state index in [1.807, 2.05) is 19.1 Å². The average molecular weight is 331 g/mol. The minimum Gasteiger partial charge on any atom is -0.493 e. The van der Waals surface area contributed by atoms with Gasteiger partial charge in [-0.1, -0.05) is 0 Å². The minimum atomic E-state index is -0.180. The molecule has 0 bridgehead atoms. The normalized spacial score (nSPS) is 25.2. The predicted octanol–water partition coefficient (Wildman–Crippen LogP) is 2.67. The van der Waals surface area contributed by atoms with Gasteiger partial charge >= 0.3 is 0 Å². The summed E-state index contributed by atoms with van der Waals surface area (Å²) >= 11 is 0. The molecule has 2 fully saturated rings. The quantitative estimate of drug-likeness (QED) is 0.933. The summed E-state index contributed by atoms with van der Waals surface area (Å²) < 4.78 is 22.1. The highest BCUT2D eigenvalue weighted by Crippen LogP contribution is 2.41. The van der Waals surface area contributed by atoms with Crippen molar-refractivity contribution in [2.45, 2.75) is 31.9 Å². The van der Waals surface area contributed by atoms with E-state index in [0.717, 1.165) is 30.4 Å². The minimum absolute atomic E-state index is 0.175. The zero-order chi connectivity index (χ0) is 16.8. The van der Waals surface area contributed by atoms with Crippen LogP contribution < -0.4 is 14.8 Å². The summed E-state index contributed by atoms with van der Waals surface area (Å²) in [6.45, 7) is 2.68. The fourth-order valence-corrected chi connectivity index (χ4v) is 3.81. The van der Waals surface area contributed by atoms with Crippen molar-refractivity contribution in [3.63, 3.8) is 0 Å². The van der Waals surface area contributed by atoms with Crippen LogP contribution in [0.15, 0.2) is 16.5 Å². The van der Waals surface area contributed by atoms with Crippen molar-refractivity contribution in [1.29, 1.82) is 0 Å². The Morgan fingerprint density at radius 1 is 1.29 bits per heavy atom. The second-order valence-corrected chi connectivity index (χ2v) is 6.41. The number of carbonyl (C=O) groups excluding carboxylic acids is 1. The van der Waals surface area contributed by atoms with Gasteiger partial charge in [0.1, 0.15) is 0 Å². The van der Waals surface area contributed by atoms with Crippen LogP contribution in [0.2, 0.25) is 0 Å². The first-order chi connectivity index (χ1) is 11.6. The van der Waals surface area contributed by atoms with E-state index in [4.69, 9.17) is 18.6 Å². The van der Waals surface area contributed by atoms with Gasteiger partial charge in [0, 0.05) is 29.5 Å². The monoisotopic (exact) mass is 331 g/mol. The number of fused-ring (bicyclic) bond motifs is 2. The summed E-state index contributed by atoms with van der Waals surface area (Å²) in [5.74, 6) is 1.67. The molecule has 1 saturated carbocycles. The van der Waals surface area contributed by atoms with Crippen molar-refractivity contribution in [3.05, 3.63) is 23.5 Å². The van der Waals surface area contributed by atoms with E-state index < -0.39 is 0 Å². The third-order valence-corrected chi connectivity index (χ3v) is 5.24. The lowest BCUT2D eigenvalue weighted by molar-refractivity contribution is 0.00773. The zero-order valence-corrected chi connectivity index (χ0v) is 14.0. The molecule has 0 unspecified atom stereocenters. The van der Waals surface area contributed by atoms with E-state index in [2.05, 4.69) is 5.32 Å². The van der Waals surface area contributed by atoms with E-state index in [-0.39, 0.29) is 11.9 Å². The fourth-order valence-electron chi connectivity index (χ4n) is 3.81. The van der Waals surface area contributed by atoms with E-state index in [9.17, 15) is 4.79 Å². The number of rotatable bonds is 4. The summed E-state index contributed by atoms with van der Waals surface area (Å²) in [5, 5.41) is 3.94. The highest BCUT2D eigenvalue weighted by Gasteiger charge is 2.46. The molecule has 0 radical (unpaired) electrons. The molecule has 1 aliphatic heterocycles. The van der Waals surface area contributed by atoms with Crippen molar-refractivity contribution in [1.82, 2.24) is 5.32 Å². The molecule has 1 aromatic carbocycles. The molecule has 24 heavy (non-hydrogen) atoms. The molecule has 1 aromatic heterocycles. The number of ether oxygens (including phenoxy) is 3. The Kier molecular flexibility index (Phi) is 3.64. The first-order valence-electron chi connectivity index (χ1n) is 8.20. The van der Waals surface area contributed by atoms with Crippen LogP contribution in [0.5, 0.6) is 11.5 Å². The second kappa shape index (κ2) is 5.70. The van der Waals surface area contributed by atoms with Gasteiger partial charge in [-0.2, -0.15) is 0 Å². The van der Waals surface area contributed by atoms with Crippen molar-refractivity contribution < 1.29 is 23.4 Å². The van der Waals surface area contributed by atoms with Crippen LogP contribution >= 0.6 is 0 Å². The Bertz CT molecular complexity index is 796. The van der Waals surface area contributed by atoms with Crippen LogP contribution in [-0.2, 0) is 4.74 Å². The SMILES string of the molecule is COc1ccc2c(C)c(C(=O)N[C@@H]3C[C@H]4OCC[C@@H]34)oc2c1OC. The van der Waals surface area contributed by atoms with Gasteiger partial charge in [0.05, 0.1) is 20.3 Å². The highest BCUT2D eigenvalue weighted by atomic mass is 16.5. The number of hydrogen-bond donors (Lipinski definition) is 1. The number of hydrogen-bond acceptors (Lipinski definition) is 5. The second-order valence-electron chi connectivity index (χ2n) is 6.41. The summed E-state index contributed by atoms with van der Waals surface area (Å²) in [5.41, 5.74) is 1.34. The molecular formula is C18H21NO5. The maximum atomic E-state index is 12.7. The Balaban J connectivity index is 1.64. The third kappa shape index (κ3) is 2.17. The molecule has 1 amide bonds. The van der Waals surface area contributed by atoms with Crippen molar-refractivity contribution in [3.8, 4) is 11.5 Å². The molecule has 1 saturated heterocycles. The van der Waals surface area contributed by atoms with E-state index in [1.54, 1.807) is 14.2 Å². The van der Waals surface area contributed by atoms with Crippen molar-refractivity contribution >= 4 is 16.9 Å². The third-order valence-electron chi connectivity index (χ3n) is 5.24. The first-order valence-corrected chi connectivity index (χ1v) is 8.20. The van der Waals surface area contributed by atoms with Gasteiger partial charge in [0.2, 0.25) is 5.75 Å². The molecule has 128 valence electrons. The van der Waals surface area contributed by atoms with E-state index in [1.165, 1.54) is 0 Å². The van der Waals surface area contributed by atoms with Crippen LogP contribution in [0.1, 0.15) is 29.0 Å². The fraction of sp³-hybridized carbons (Fsp3) is 0.500. The number of nitrogens with one attached hydrogen (secondary N) is 1. The molecule has 1 N–H and O–H groups in total. The lowest BCUT2D eigenvalue weighted by Gasteiger charge is -2.39. The van der Waals surface area contributed by atoms with Gasteiger partial charge in [-0.3, -0.25) is 4.79 Å². The number of furan rings is 1. The molecule has 3 atom stereocenters. The highest BCUT2D eigenvalue weighted by molar-refractivity contribution is 6.01. The lowest BCUT2D eigenvalue weighted by atomic mass is 9.76. The number of methoxy groups -OCH3 is 2. The molecule has 2 aromatic rings. The maximum absolute atomic E-state index is 12.7. The molecule has 0 spiro atoms. The maximum Gasteiger partial charge on any atom is 0.287 e. The molecule has 6 heteroatoms. The largest absolute Gasteiger partial charge is 0.493 e. The number of aryl methyl sites for hydroxylation is 1.